The third kappa shape index (κ3) is 3.81. The van der Waals surface area contributed by atoms with Crippen LogP contribution in [0.1, 0.15) is 47.3 Å². The van der Waals surface area contributed by atoms with Crippen molar-refractivity contribution in [3.8, 4) is 0 Å². The molecule has 0 saturated carbocycles. The Bertz CT molecular complexity index is 965. The third-order valence-corrected chi connectivity index (χ3v) is 5.98. The minimum absolute atomic E-state index is 0.0358. The van der Waals surface area contributed by atoms with Crippen LogP contribution < -0.4 is 15.8 Å². The molecule has 0 aromatic carbocycles. The second-order valence-electron chi connectivity index (χ2n) is 8.02. The van der Waals surface area contributed by atoms with Crippen molar-refractivity contribution in [2.45, 2.75) is 52.2 Å². The van der Waals surface area contributed by atoms with E-state index in [1.807, 2.05) is 20.0 Å². The van der Waals surface area contributed by atoms with E-state index in [1.165, 1.54) is 0 Å². The average molecular weight is 399 g/mol. The second-order valence-corrected chi connectivity index (χ2v) is 8.02. The minimum atomic E-state index is -0.384. The van der Waals surface area contributed by atoms with E-state index in [-0.39, 0.29) is 23.1 Å². The summed E-state index contributed by atoms with van der Waals surface area (Å²) < 4.78 is 9.02. The predicted molar refractivity (Wildman–Crippen MR) is 112 cm³/mol. The van der Waals surface area contributed by atoms with Gasteiger partial charge in [-0.2, -0.15) is 5.10 Å². The van der Waals surface area contributed by atoms with E-state index in [0.717, 1.165) is 56.9 Å². The van der Waals surface area contributed by atoms with Crippen molar-refractivity contribution >= 4 is 17.4 Å². The smallest absolute Gasteiger partial charge is 0.263 e. The van der Waals surface area contributed by atoms with Crippen LogP contribution in [0.3, 0.4) is 0 Å². The number of aryl methyl sites for hydroxylation is 2. The van der Waals surface area contributed by atoms with Crippen molar-refractivity contribution in [1.82, 2.24) is 14.3 Å². The number of pyridine rings is 1. The molecule has 2 aliphatic rings. The van der Waals surface area contributed by atoms with E-state index in [0.29, 0.717) is 17.8 Å². The Kier molecular flexibility index (Phi) is 5.45. The first kappa shape index (κ1) is 19.7. The van der Waals surface area contributed by atoms with Crippen molar-refractivity contribution in [2.24, 2.45) is 7.05 Å². The zero-order chi connectivity index (χ0) is 20.5. The van der Waals surface area contributed by atoms with Crippen LogP contribution in [0.5, 0.6) is 0 Å². The van der Waals surface area contributed by atoms with E-state index in [9.17, 15) is 9.59 Å². The van der Waals surface area contributed by atoms with Crippen LogP contribution in [-0.2, 0) is 18.3 Å². The molecule has 0 radical (unpaired) electrons. The predicted octanol–water partition coefficient (Wildman–Crippen LogP) is 2.23. The lowest BCUT2D eigenvalue weighted by molar-refractivity contribution is 0.0952. The van der Waals surface area contributed by atoms with E-state index >= 15 is 0 Å². The lowest BCUT2D eigenvalue weighted by atomic mass is 10.1. The van der Waals surface area contributed by atoms with Crippen molar-refractivity contribution in [1.29, 1.82) is 0 Å². The zero-order valence-corrected chi connectivity index (χ0v) is 17.4. The Balaban J connectivity index is 1.63. The number of nitrogens with one attached hydrogen (secondary N) is 1. The molecule has 4 heterocycles. The quantitative estimate of drug-likeness (QED) is 0.834. The minimum Gasteiger partial charge on any atom is -0.376 e. The largest absolute Gasteiger partial charge is 0.376 e. The van der Waals surface area contributed by atoms with Gasteiger partial charge < -0.3 is 19.5 Å². The normalized spacial score (nSPS) is 19.1. The molecule has 2 aromatic heterocycles. The monoisotopic (exact) mass is 399 g/mol. The molecule has 0 spiro atoms. The molecule has 29 heavy (non-hydrogen) atoms. The number of nitrogens with zero attached hydrogens (tertiary/aromatic N) is 4. The van der Waals surface area contributed by atoms with Gasteiger partial charge in [-0.15, -0.1) is 0 Å². The average Bonchev–Trinajstić information content (AvgIpc) is 3.43. The van der Waals surface area contributed by atoms with Gasteiger partial charge >= 0.3 is 0 Å². The van der Waals surface area contributed by atoms with Gasteiger partial charge in [0.05, 0.1) is 18.3 Å². The fourth-order valence-electron chi connectivity index (χ4n) is 4.16. The zero-order valence-electron chi connectivity index (χ0n) is 17.4. The summed E-state index contributed by atoms with van der Waals surface area (Å²) in [4.78, 5) is 28.4. The third-order valence-electron chi connectivity index (χ3n) is 5.98. The molecule has 2 aromatic rings. The topological polar surface area (TPSA) is 81.4 Å². The van der Waals surface area contributed by atoms with Crippen molar-refractivity contribution in [3.63, 3.8) is 0 Å². The van der Waals surface area contributed by atoms with Crippen LogP contribution in [0.4, 0.5) is 11.5 Å². The molecule has 1 N–H and O–H groups in total. The molecule has 0 bridgehead atoms. The summed E-state index contributed by atoms with van der Waals surface area (Å²) in [6, 6.07) is 1.82. The van der Waals surface area contributed by atoms with Gasteiger partial charge in [0.2, 0.25) is 0 Å². The number of aromatic nitrogens is 3. The Morgan fingerprint density at radius 3 is 2.72 bits per heavy atom. The first-order valence-corrected chi connectivity index (χ1v) is 10.4. The van der Waals surface area contributed by atoms with Crippen LogP contribution in [-0.4, -0.2) is 46.1 Å². The fourth-order valence-corrected chi connectivity index (χ4v) is 4.16. The SMILES string of the molecule is Cc1ccn(CC2CCCO2)c(=O)c1C(=O)Nc1c(N2CCCC2)nn(C)c1C. The van der Waals surface area contributed by atoms with Gasteiger partial charge in [-0.05, 0) is 51.2 Å². The number of hydrogen-bond donors (Lipinski definition) is 1. The molecule has 4 rings (SSSR count). The number of hydrogen-bond acceptors (Lipinski definition) is 5. The lowest BCUT2D eigenvalue weighted by Crippen LogP contribution is -2.33. The molecular formula is C21H29N5O3. The van der Waals surface area contributed by atoms with Gasteiger partial charge in [-0.1, -0.05) is 0 Å². The summed E-state index contributed by atoms with van der Waals surface area (Å²) in [5, 5.41) is 7.58. The Morgan fingerprint density at radius 2 is 2.03 bits per heavy atom. The standard InChI is InChI=1S/C21H29N5O3/c1-14-8-11-26(13-16-7-6-12-29-16)21(28)17(14)20(27)22-18-15(2)24(3)23-19(18)25-9-4-5-10-25/h8,11,16H,4-7,9-10,12-13H2,1-3H3,(H,22,27). The summed E-state index contributed by atoms with van der Waals surface area (Å²) in [5.41, 5.74) is 2.13. The van der Waals surface area contributed by atoms with Crippen molar-refractivity contribution in [3.05, 3.63) is 39.4 Å². The maximum absolute atomic E-state index is 13.2. The number of anilines is 2. The molecule has 8 nitrogen and oxygen atoms in total. The number of carbonyl (C=O) groups excluding carboxylic acids is 1. The molecule has 2 aliphatic heterocycles. The molecule has 1 unspecified atom stereocenters. The summed E-state index contributed by atoms with van der Waals surface area (Å²) in [7, 11) is 1.87. The molecule has 1 amide bonds. The fraction of sp³-hybridized carbons (Fsp3) is 0.571. The van der Waals surface area contributed by atoms with Gasteiger partial charge in [0.1, 0.15) is 11.3 Å². The highest BCUT2D eigenvalue weighted by atomic mass is 16.5. The van der Waals surface area contributed by atoms with Gasteiger partial charge in [-0.3, -0.25) is 14.3 Å². The number of carbonyl (C=O) groups is 1. The Labute approximate surface area is 170 Å². The first-order chi connectivity index (χ1) is 14.0. The second kappa shape index (κ2) is 8.02. The maximum Gasteiger partial charge on any atom is 0.263 e. The molecule has 1 atom stereocenters. The van der Waals surface area contributed by atoms with Crippen LogP contribution in [0, 0.1) is 13.8 Å². The van der Waals surface area contributed by atoms with Gasteiger partial charge in [-0.25, -0.2) is 0 Å². The van der Waals surface area contributed by atoms with Gasteiger partial charge in [0, 0.05) is 32.9 Å². The van der Waals surface area contributed by atoms with E-state index in [4.69, 9.17) is 4.74 Å². The van der Waals surface area contributed by atoms with Crippen molar-refractivity contribution < 1.29 is 9.53 Å². The molecule has 0 aliphatic carbocycles. The highest BCUT2D eigenvalue weighted by Crippen LogP contribution is 2.31. The van der Waals surface area contributed by atoms with Crippen molar-refractivity contribution in [2.75, 3.05) is 29.9 Å². The number of amides is 1. The Hall–Kier alpha value is -2.61. The molecule has 2 fully saturated rings. The van der Waals surface area contributed by atoms with E-state index in [1.54, 1.807) is 22.4 Å². The van der Waals surface area contributed by atoms with Crippen LogP contribution >= 0.6 is 0 Å². The number of ether oxygens (including phenoxy) is 1. The maximum atomic E-state index is 13.2. The number of rotatable bonds is 5. The van der Waals surface area contributed by atoms with Crippen LogP contribution in [0.15, 0.2) is 17.1 Å². The lowest BCUT2D eigenvalue weighted by Gasteiger charge is -2.17. The highest BCUT2D eigenvalue weighted by molar-refractivity contribution is 6.06. The Morgan fingerprint density at radius 1 is 1.28 bits per heavy atom. The summed E-state index contributed by atoms with van der Waals surface area (Å²) >= 11 is 0. The van der Waals surface area contributed by atoms with Crippen LogP contribution in [0.2, 0.25) is 0 Å². The van der Waals surface area contributed by atoms with E-state index < -0.39 is 0 Å². The van der Waals surface area contributed by atoms with Crippen LogP contribution in [0.25, 0.3) is 0 Å². The van der Waals surface area contributed by atoms with E-state index in [2.05, 4.69) is 15.3 Å². The van der Waals surface area contributed by atoms with Gasteiger partial charge in [0.25, 0.3) is 11.5 Å². The highest BCUT2D eigenvalue weighted by Gasteiger charge is 2.25. The summed E-state index contributed by atoms with van der Waals surface area (Å²) in [5.74, 6) is 0.398. The summed E-state index contributed by atoms with van der Waals surface area (Å²) in [6.45, 7) is 6.79. The van der Waals surface area contributed by atoms with Gasteiger partial charge in [0.15, 0.2) is 5.82 Å². The molecular weight excluding hydrogens is 370 g/mol. The molecule has 8 heteroatoms. The molecule has 156 valence electrons. The first-order valence-electron chi connectivity index (χ1n) is 10.4. The summed E-state index contributed by atoms with van der Waals surface area (Å²) in [6.07, 6.45) is 5.98. The molecule has 2 saturated heterocycles.